The van der Waals surface area contributed by atoms with Crippen LogP contribution in [0.1, 0.15) is 51.6 Å². The Kier molecular flexibility index (Phi) is 3.50. The average molecular weight is 277 g/mol. The summed E-state index contributed by atoms with van der Waals surface area (Å²) in [4.78, 5) is 0. The van der Waals surface area contributed by atoms with Gasteiger partial charge in [-0.05, 0) is 38.9 Å². The average Bonchev–Trinajstić information content (AvgIpc) is 2.86. The fourth-order valence-electron chi connectivity index (χ4n) is 2.90. The summed E-state index contributed by atoms with van der Waals surface area (Å²) in [5, 5.41) is 3.65. The first-order valence-electron chi connectivity index (χ1n) is 7.45. The van der Waals surface area contributed by atoms with Crippen molar-refractivity contribution in [2.24, 2.45) is 0 Å². The van der Waals surface area contributed by atoms with Crippen molar-refractivity contribution in [3.63, 3.8) is 0 Å². The molecular formula is C16H23NO3. The highest BCUT2D eigenvalue weighted by Gasteiger charge is 2.37. The van der Waals surface area contributed by atoms with Crippen LogP contribution in [0.15, 0.2) is 12.1 Å². The highest BCUT2D eigenvalue weighted by Crippen LogP contribution is 2.50. The SMILES string of the molecule is CCCCNC1CC(C)(C)Oc2c1ccc1c2OCO1. The Labute approximate surface area is 120 Å². The number of unbranched alkanes of at least 4 members (excludes halogenated alkanes) is 1. The molecule has 1 aromatic rings. The molecule has 1 aromatic carbocycles. The van der Waals surface area contributed by atoms with Gasteiger partial charge in [0, 0.05) is 18.0 Å². The van der Waals surface area contributed by atoms with E-state index in [1.807, 2.05) is 6.07 Å². The molecule has 0 bridgehead atoms. The Hall–Kier alpha value is -1.42. The maximum atomic E-state index is 6.15. The summed E-state index contributed by atoms with van der Waals surface area (Å²) >= 11 is 0. The third kappa shape index (κ3) is 2.44. The number of rotatable bonds is 4. The first-order valence-corrected chi connectivity index (χ1v) is 7.45. The Morgan fingerprint density at radius 2 is 2.10 bits per heavy atom. The highest BCUT2D eigenvalue weighted by atomic mass is 16.7. The van der Waals surface area contributed by atoms with E-state index in [-0.39, 0.29) is 12.4 Å². The van der Waals surface area contributed by atoms with E-state index in [9.17, 15) is 0 Å². The third-order valence-corrected chi connectivity index (χ3v) is 3.89. The van der Waals surface area contributed by atoms with Gasteiger partial charge >= 0.3 is 0 Å². The molecule has 0 radical (unpaired) electrons. The molecule has 0 fully saturated rings. The van der Waals surface area contributed by atoms with E-state index >= 15 is 0 Å². The van der Waals surface area contributed by atoms with Crippen LogP contribution in [0.5, 0.6) is 17.2 Å². The van der Waals surface area contributed by atoms with Crippen molar-refractivity contribution in [2.75, 3.05) is 13.3 Å². The molecule has 2 aliphatic heterocycles. The first-order chi connectivity index (χ1) is 9.61. The lowest BCUT2D eigenvalue weighted by Crippen LogP contribution is -2.39. The largest absolute Gasteiger partial charge is 0.483 e. The smallest absolute Gasteiger partial charge is 0.231 e. The summed E-state index contributed by atoms with van der Waals surface area (Å²) < 4.78 is 17.2. The van der Waals surface area contributed by atoms with Crippen LogP contribution in [0.3, 0.4) is 0 Å². The van der Waals surface area contributed by atoms with Crippen LogP contribution in [-0.2, 0) is 0 Å². The van der Waals surface area contributed by atoms with Gasteiger partial charge in [0.2, 0.25) is 12.5 Å². The van der Waals surface area contributed by atoms with E-state index in [0.717, 1.165) is 30.2 Å². The molecule has 4 nitrogen and oxygen atoms in total. The second-order valence-corrected chi connectivity index (χ2v) is 6.14. The van der Waals surface area contributed by atoms with Crippen molar-refractivity contribution in [3.05, 3.63) is 17.7 Å². The van der Waals surface area contributed by atoms with E-state index < -0.39 is 0 Å². The lowest BCUT2D eigenvalue weighted by atomic mass is 9.89. The summed E-state index contributed by atoms with van der Waals surface area (Å²) in [5.74, 6) is 2.40. The molecule has 2 aliphatic rings. The molecule has 0 saturated heterocycles. The zero-order valence-corrected chi connectivity index (χ0v) is 12.5. The maximum absolute atomic E-state index is 6.15. The molecule has 0 aromatic heterocycles. The Morgan fingerprint density at radius 3 is 2.90 bits per heavy atom. The molecule has 0 saturated carbocycles. The van der Waals surface area contributed by atoms with E-state index in [0.29, 0.717) is 6.04 Å². The van der Waals surface area contributed by atoms with Crippen molar-refractivity contribution in [1.29, 1.82) is 0 Å². The van der Waals surface area contributed by atoms with E-state index in [4.69, 9.17) is 14.2 Å². The van der Waals surface area contributed by atoms with Gasteiger partial charge in [0.15, 0.2) is 11.5 Å². The molecule has 20 heavy (non-hydrogen) atoms. The molecule has 0 amide bonds. The number of nitrogens with one attached hydrogen (secondary N) is 1. The minimum Gasteiger partial charge on any atom is -0.483 e. The van der Waals surface area contributed by atoms with Crippen molar-refractivity contribution < 1.29 is 14.2 Å². The maximum Gasteiger partial charge on any atom is 0.231 e. The summed E-state index contributed by atoms with van der Waals surface area (Å²) in [6, 6.07) is 4.40. The molecule has 4 heteroatoms. The fourth-order valence-corrected chi connectivity index (χ4v) is 2.90. The molecule has 0 spiro atoms. The predicted octanol–water partition coefficient (Wildman–Crippen LogP) is 3.41. The van der Waals surface area contributed by atoms with E-state index in [2.05, 4.69) is 32.2 Å². The monoisotopic (exact) mass is 277 g/mol. The molecule has 1 atom stereocenters. The molecule has 3 rings (SSSR count). The van der Waals surface area contributed by atoms with Crippen LogP contribution in [0.25, 0.3) is 0 Å². The van der Waals surface area contributed by atoms with Crippen molar-refractivity contribution in [3.8, 4) is 17.2 Å². The molecular weight excluding hydrogens is 254 g/mol. The minimum absolute atomic E-state index is 0.196. The van der Waals surface area contributed by atoms with Gasteiger partial charge in [-0.2, -0.15) is 0 Å². The second-order valence-electron chi connectivity index (χ2n) is 6.14. The van der Waals surface area contributed by atoms with Gasteiger partial charge in [0.1, 0.15) is 5.60 Å². The van der Waals surface area contributed by atoms with Crippen molar-refractivity contribution in [1.82, 2.24) is 5.32 Å². The highest BCUT2D eigenvalue weighted by molar-refractivity contribution is 5.58. The second kappa shape index (κ2) is 5.17. The fraction of sp³-hybridized carbons (Fsp3) is 0.625. The van der Waals surface area contributed by atoms with Crippen LogP contribution < -0.4 is 19.5 Å². The van der Waals surface area contributed by atoms with Gasteiger partial charge in [0.25, 0.3) is 0 Å². The zero-order valence-electron chi connectivity index (χ0n) is 12.5. The van der Waals surface area contributed by atoms with Crippen LogP contribution in [-0.4, -0.2) is 18.9 Å². The Morgan fingerprint density at radius 1 is 1.25 bits per heavy atom. The lowest BCUT2D eigenvalue weighted by Gasteiger charge is -2.38. The van der Waals surface area contributed by atoms with Crippen LogP contribution >= 0.6 is 0 Å². The zero-order chi connectivity index (χ0) is 14.2. The van der Waals surface area contributed by atoms with Crippen molar-refractivity contribution >= 4 is 0 Å². The summed E-state index contributed by atoms with van der Waals surface area (Å²) in [6.07, 6.45) is 3.36. The van der Waals surface area contributed by atoms with Gasteiger partial charge < -0.3 is 19.5 Å². The number of hydrogen-bond acceptors (Lipinski definition) is 4. The van der Waals surface area contributed by atoms with Crippen molar-refractivity contribution in [2.45, 2.75) is 51.7 Å². The predicted molar refractivity (Wildman–Crippen MR) is 77.5 cm³/mol. The van der Waals surface area contributed by atoms with Gasteiger partial charge in [-0.15, -0.1) is 0 Å². The normalized spacial score (nSPS) is 22.2. The summed E-state index contributed by atoms with van der Waals surface area (Å²) in [5.41, 5.74) is 0.988. The molecule has 110 valence electrons. The number of fused-ring (bicyclic) bond motifs is 3. The summed E-state index contributed by atoms with van der Waals surface area (Å²) in [7, 11) is 0. The van der Waals surface area contributed by atoms with Gasteiger partial charge in [0.05, 0.1) is 0 Å². The number of benzene rings is 1. The lowest BCUT2D eigenvalue weighted by molar-refractivity contribution is 0.0611. The Bertz CT molecular complexity index is 499. The molecule has 1 unspecified atom stereocenters. The Balaban J connectivity index is 1.92. The van der Waals surface area contributed by atoms with E-state index in [1.165, 1.54) is 18.4 Å². The number of ether oxygens (including phenoxy) is 3. The topological polar surface area (TPSA) is 39.7 Å². The molecule has 1 N–H and O–H groups in total. The van der Waals surface area contributed by atoms with E-state index in [1.54, 1.807) is 0 Å². The minimum atomic E-state index is -0.196. The molecule has 0 aliphatic carbocycles. The quantitative estimate of drug-likeness (QED) is 0.856. The first kappa shape index (κ1) is 13.6. The number of hydrogen-bond donors (Lipinski definition) is 1. The molecule has 2 heterocycles. The van der Waals surface area contributed by atoms with Gasteiger partial charge in [-0.3, -0.25) is 0 Å². The standard InChI is InChI=1S/C16H23NO3/c1-4-5-8-17-12-9-16(2,3)20-14-11(12)6-7-13-15(14)19-10-18-13/h6-7,12,17H,4-5,8-10H2,1-3H3. The van der Waals surface area contributed by atoms with Gasteiger partial charge in [-0.1, -0.05) is 13.3 Å². The van der Waals surface area contributed by atoms with Gasteiger partial charge in [-0.25, -0.2) is 0 Å². The van der Waals surface area contributed by atoms with Crippen LogP contribution in [0.4, 0.5) is 0 Å². The van der Waals surface area contributed by atoms with Crippen LogP contribution in [0, 0.1) is 0 Å². The third-order valence-electron chi connectivity index (χ3n) is 3.89. The van der Waals surface area contributed by atoms with Crippen LogP contribution in [0.2, 0.25) is 0 Å². The summed E-state index contributed by atoms with van der Waals surface area (Å²) in [6.45, 7) is 7.77.